The van der Waals surface area contributed by atoms with Crippen LogP contribution < -0.4 is 20.1 Å². The zero-order valence-electron chi connectivity index (χ0n) is 16.6. The standard InChI is InChI=1S/C18H29N3O4.ClH/c1-18(2,3)17(23)20-13-11-15(25-7)14(24-6)10-12(13)16(22)21(5)9-8-19-4;/h10-11,19H,8-9H2,1-7H3,(H,20,23);1H. The molecule has 7 nitrogen and oxygen atoms in total. The number of anilines is 1. The number of nitrogens with zero attached hydrogens (tertiary/aromatic N) is 1. The van der Waals surface area contributed by atoms with E-state index in [2.05, 4.69) is 10.6 Å². The third kappa shape index (κ3) is 6.07. The van der Waals surface area contributed by atoms with E-state index in [0.717, 1.165) is 0 Å². The number of carbonyl (C=O) groups is 2. The summed E-state index contributed by atoms with van der Waals surface area (Å²) in [5.74, 6) is 0.481. The number of nitrogens with one attached hydrogen (secondary N) is 2. The first-order valence-electron chi connectivity index (χ1n) is 8.13. The highest BCUT2D eigenvalue weighted by Gasteiger charge is 2.25. The zero-order chi connectivity index (χ0) is 19.2. The first kappa shape index (κ1) is 24.0. The third-order valence-electron chi connectivity index (χ3n) is 3.73. The van der Waals surface area contributed by atoms with Crippen molar-refractivity contribution in [2.45, 2.75) is 20.8 Å². The van der Waals surface area contributed by atoms with E-state index in [1.807, 2.05) is 27.8 Å². The molecule has 1 aromatic carbocycles. The summed E-state index contributed by atoms with van der Waals surface area (Å²) in [5.41, 5.74) is 0.165. The van der Waals surface area contributed by atoms with Crippen LogP contribution in [0.25, 0.3) is 0 Å². The Morgan fingerprint density at radius 1 is 1.12 bits per heavy atom. The minimum absolute atomic E-state index is 0. The van der Waals surface area contributed by atoms with E-state index in [1.54, 1.807) is 24.1 Å². The summed E-state index contributed by atoms with van der Waals surface area (Å²) in [7, 11) is 6.55. The Kier molecular flexibility index (Phi) is 9.45. The number of benzene rings is 1. The maximum atomic E-state index is 12.8. The summed E-state index contributed by atoms with van der Waals surface area (Å²) in [5, 5.41) is 5.83. The molecule has 0 radical (unpaired) electrons. The smallest absolute Gasteiger partial charge is 0.255 e. The van der Waals surface area contributed by atoms with E-state index in [9.17, 15) is 9.59 Å². The lowest BCUT2D eigenvalue weighted by Gasteiger charge is -2.23. The number of ether oxygens (including phenoxy) is 2. The fourth-order valence-corrected chi connectivity index (χ4v) is 2.06. The maximum absolute atomic E-state index is 12.8. The summed E-state index contributed by atoms with van der Waals surface area (Å²) in [4.78, 5) is 26.8. The summed E-state index contributed by atoms with van der Waals surface area (Å²) in [6, 6.07) is 3.21. The van der Waals surface area contributed by atoms with Gasteiger partial charge in [-0.3, -0.25) is 9.59 Å². The van der Waals surface area contributed by atoms with Gasteiger partial charge in [0.05, 0.1) is 25.5 Å². The number of rotatable bonds is 7. The molecule has 26 heavy (non-hydrogen) atoms. The van der Waals surface area contributed by atoms with Gasteiger partial charge in [-0.25, -0.2) is 0 Å². The molecule has 0 aliphatic heterocycles. The van der Waals surface area contributed by atoms with Crippen LogP contribution in [0.3, 0.4) is 0 Å². The van der Waals surface area contributed by atoms with E-state index >= 15 is 0 Å². The van der Waals surface area contributed by atoms with Crippen molar-refractivity contribution in [1.29, 1.82) is 0 Å². The first-order valence-corrected chi connectivity index (χ1v) is 8.13. The fraction of sp³-hybridized carbons (Fsp3) is 0.556. The van der Waals surface area contributed by atoms with Gasteiger partial charge in [-0.05, 0) is 13.1 Å². The van der Waals surface area contributed by atoms with Gasteiger partial charge in [0.1, 0.15) is 0 Å². The average molecular weight is 388 g/mol. The molecule has 0 saturated heterocycles. The van der Waals surface area contributed by atoms with Crippen molar-refractivity contribution in [3.63, 3.8) is 0 Å². The monoisotopic (exact) mass is 387 g/mol. The second kappa shape index (κ2) is 10.2. The molecule has 0 fully saturated rings. The number of hydrogen-bond acceptors (Lipinski definition) is 5. The van der Waals surface area contributed by atoms with Gasteiger partial charge in [0.15, 0.2) is 11.5 Å². The van der Waals surface area contributed by atoms with Gasteiger partial charge < -0.3 is 25.0 Å². The molecule has 148 valence electrons. The van der Waals surface area contributed by atoms with Crippen LogP contribution in [-0.4, -0.2) is 58.1 Å². The SMILES string of the molecule is CNCCN(C)C(=O)c1cc(OC)c(OC)cc1NC(=O)C(C)(C)C.Cl. The van der Waals surface area contributed by atoms with Gasteiger partial charge in [-0.15, -0.1) is 12.4 Å². The first-order chi connectivity index (χ1) is 11.6. The van der Waals surface area contributed by atoms with Crippen LogP contribution >= 0.6 is 12.4 Å². The Hall–Kier alpha value is -1.99. The number of methoxy groups -OCH3 is 2. The normalized spacial score (nSPS) is 10.6. The molecule has 0 atom stereocenters. The maximum Gasteiger partial charge on any atom is 0.255 e. The molecule has 2 amide bonds. The highest BCUT2D eigenvalue weighted by atomic mass is 35.5. The van der Waals surface area contributed by atoms with Crippen LogP contribution in [0.2, 0.25) is 0 Å². The molecule has 1 aromatic rings. The van der Waals surface area contributed by atoms with Crippen molar-refractivity contribution >= 4 is 29.9 Å². The number of hydrogen-bond donors (Lipinski definition) is 2. The summed E-state index contributed by atoms with van der Waals surface area (Å²) in [6.45, 7) is 6.63. The molecule has 8 heteroatoms. The lowest BCUT2D eigenvalue weighted by molar-refractivity contribution is -0.123. The molecule has 0 heterocycles. The van der Waals surface area contributed by atoms with E-state index in [0.29, 0.717) is 35.8 Å². The Morgan fingerprint density at radius 3 is 2.12 bits per heavy atom. The van der Waals surface area contributed by atoms with Gasteiger partial charge in [0.2, 0.25) is 5.91 Å². The lowest BCUT2D eigenvalue weighted by Crippen LogP contribution is -2.34. The topological polar surface area (TPSA) is 79.9 Å². The predicted molar refractivity (Wildman–Crippen MR) is 106 cm³/mol. The van der Waals surface area contributed by atoms with E-state index < -0.39 is 5.41 Å². The molecule has 0 bridgehead atoms. The van der Waals surface area contributed by atoms with E-state index in [1.165, 1.54) is 14.2 Å². The predicted octanol–water partition coefficient (Wildman–Crippen LogP) is 2.40. The van der Waals surface area contributed by atoms with Gasteiger partial charge in [0, 0.05) is 31.6 Å². The number of carbonyl (C=O) groups excluding carboxylic acids is 2. The highest BCUT2D eigenvalue weighted by Crippen LogP contribution is 2.34. The molecule has 0 saturated carbocycles. The molecule has 0 aromatic heterocycles. The minimum Gasteiger partial charge on any atom is -0.493 e. The summed E-state index contributed by atoms with van der Waals surface area (Å²) in [6.07, 6.45) is 0. The Bertz CT molecular complexity index is 630. The third-order valence-corrected chi connectivity index (χ3v) is 3.73. The number of halogens is 1. The molecule has 0 aliphatic carbocycles. The van der Waals surface area contributed by atoms with E-state index in [-0.39, 0.29) is 24.2 Å². The van der Waals surface area contributed by atoms with Crippen molar-refractivity contribution in [3.05, 3.63) is 17.7 Å². The van der Waals surface area contributed by atoms with Gasteiger partial charge >= 0.3 is 0 Å². The second-order valence-corrected chi connectivity index (χ2v) is 6.79. The second-order valence-electron chi connectivity index (χ2n) is 6.79. The molecule has 0 spiro atoms. The van der Waals surface area contributed by atoms with Crippen molar-refractivity contribution in [2.24, 2.45) is 5.41 Å². The summed E-state index contributed by atoms with van der Waals surface area (Å²) >= 11 is 0. The Balaban J connectivity index is 0.00000625. The Morgan fingerprint density at radius 2 is 1.65 bits per heavy atom. The molecule has 1 rings (SSSR count). The number of likely N-dealkylation sites (N-methyl/N-ethyl adjacent to an activating group) is 2. The molecular formula is C18H30ClN3O4. The molecule has 2 N–H and O–H groups in total. The van der Waals surface area contributed by atoms with Crippen molar-refractivity contribution in [3.8, 4) is 11.5 Å². The van der Waals surface area contributed by atoms with Crippen LogP contribution in [0.5, 0.6) is 11.5 Å². The van der Waals surface area contributed by atoms with Gasteiger partial charge in [-0.2, -0.15) is 0 Å². The van der Waals surface area contributed by atoms with Crippen LogP contribution in [0.1, 0.15) is 31.1 Å². The van der Waals surface area contributed by atoms with Gasteiger partial charge in [0.25, 0.3) is 5.91 Å². The average Bonchev–Trinajstić information content (AvgIpc) is 2.57. The minimum atomic E-state index is -0.592. The lowest BCUT2D eigenvalue weighted by atomic mass is 9.95. The van der Waals surface area contributed by atoms with Crippen molar-refractivity contribution < 1.29 is 19.1 Å². The number of amides is 2. The largest absolute Gasteiger partial charge is 0.493 e. The van der Waals surface area contributed by atoms with Crippen molar-refractivity contribution in [2.75, 3.05) is 46.7 Å². The Labute approximate surface area is 161 Å². The molecule has 0 aliphatic rings. The van der Waals surface area contributed by atoms with Gasteiger partial charge in [-0.1, -0.05) is 20.8 Å². The van der Waals surface area contributed by atoms with Crippen molar-refractivity contribution in [1.82, 2.24) is 10.2 Å². The highest BCUT2D eigenvalue weighted by molar-refractivity contribution is 6.05. The van der Waals surface area contributed by atoms with Crippen LogP contribution in [0, 0.1) is 5.41 Å². The molecular weight excluding hydrogens is 358 g/mol. The van der Waals surface area contributed by atoms with Crippen LogP contribution in [0.4, 0.5) is 5.69 Å². The zero-order valence-corrected chi connectivity index (χ0v) is 17.4. The quantitative estimate of drug-likeness (QED) is 0.751. The fourth-order valence-electron chi connectivity index (χ4n) is 2.06. The van der Waals surface area contributed by atoms with Crippen LogP contribution in [0.15, 0.2) is 12.1 Å². The molecule has 0 unspecified atom stereocenters. The van der Waals surface area contributed by atoms with Crippen LogP contribution in [-0.2, 0) is 4.79 Å². The van der Waals surface area contributed by atoms with E-state index in [4.69, 9.17) is 9.47 Å². The summed E-state index contributed by atoms with van der Waals surface area (Å²) < 4.78 is 10.6.